The molecule has 2 aromatic rings. The summed E-state index contributed by atoms with van der Waals surface area (Å²) in [4.78, 5) is 20.1. The summed E-state index contributed by atoms with van der Waals surface area (Å²) < 4.78 is 1.98. The third kappa shape index (κ3) is 1.58. The number of fused-ring (bicyclic) bond motifs is 3. The Morgan fingerprint density at radius 1 is 1.56 bits per heavy atom. The number of nitrogens with zero attached hydrogens (tertiary/aromatic N) is 3. The van der Waals surface area contributed by atoms with Gasteiger partial charge in [0.25, 0.3) is 5.91 Å². The molecule has 0 unspecified atom stereocenters. The van der Waals surface area contributed by atoms with Crippen molar-refractivity contribution in [3.05, 3.63) is 23.2 Å². The number of amides is 1. The molecule has 0 radical (unpaired) electrons. The molecule has 1 amide bonds. The SMILES string of the molecule is CC(C)[C@@H]1CNC(=O)c2cc3cnc(Cl)nc3n21. The lowest BCUT2D eigenvalue weighted by Gasteiger charge is -2.29. The highest BCUT2D eigenvalue weighted by atomic mass is 35.5. The minimum atomic E-state index is -0.0685. The van der Waals surface area contributed by atoms with Crippen molar-refractivity contribution in [2.45, 2.75) is 19.9 Å². The van der Waals surface area contributed by atoms with E-state index in [1.54, 1.807) is 6.20 Å². The van der Waals surface area contributed by atoms with Gasteiger partial charge in [0.15, 0.2) is 0 Å². The van der Waals surface area contributed by atoms with Crippen LogP contribution in [0.25, 0.3) is 11.0 Å². The molecule has 0 bridgehead atoms. The van der Waals surface area contributed by atoms with E-state index in [4.69, 9.17) is 11.6 Å². The van der Waals surface area contributed by atoms with E-state index >= 15 is 0 Å². The summed E-state index contributed by atoms with van der Waals surface area (Å²) >= 11 is 5.85. The lowest BCUT2D eigenvalue weighted by atomic mass is 10.0. The predicted octanol–water partition coefficient (Wildman–Crippen LogP) is 2.03. The molecule has 1 aliphatic rings. The molecule has 0 aromatic carbocycles. The summed E-state index contributed by atoms with van der Waals surface area (Å²) in [5.41, 5.74) is 1.37. The summed E-state index contributed by atoms with van der Waals surface area (Å²) in [6.45, 7) is 4.87. The van der Waals surface area contributed by atoms with Gasteiger partial charge in [-0.3, -0.25) is 4.79 Å². The van der Waals surface area contributed by atoms with Crippen molar-refractivity contribution >= 4 is 28.5 Å². The van der Waals surface area contributed by atoms with E-state index in [2.05, 4.69) is 29.1 Å². The highest BCUT2D eigenvalue weighted by molar-refractivity contribution is 6.28. The van der Waals surface area contributed by atoms with Gasteiger partial charge in [-0.1, -0.05) is 13.8 Å². The molecule has 3 heterocycles. The first kappa shape index (κ1) is 11.5. The maximum absolute atomic E-state index is 11.9. The van der Waals surface area contributed by atoms with Crippen LogP contribution in [0.1, 0.15) is 30.4 Å². The molecule has 1 aliphatic heterocycles. The van der Waals surface area contributed by atoms with Crippen molar-refractivity contribution in [1.29, 1.82) is 0 Å². The largest absolute Gasteiger partial charge is 0.349 e. The molecule has 0 spiro atoms. The maximum atomic E-state index is 11.9. The van der Waals surface area contributed by atoms with E-state index in [9.17, 15) is 4.79 Å². The van der Waals surface area contributed by atoms with Gasteiger partial charge in [-0.25, -0.2) is 4.98 Å². The van der Waals surface area contributed by atoms with Crippen molar-refractivity contribution in [3.63, 3.8) is 0 Å². The number of aromatic nitrogens is 3. The Hall–Kier alpha value is -1.62. The van der Waals surface area contributed by atoms with Crippen molar-refractivity contribution in [1.82, 2.24) is 19.9 Å². The van der Waals surface area contributed by atoms with Gasteiger partial charge in [0.05, 0.1) is 6.04 Å². The lowest BCUT2D eigenvalue weighted by Crippen LogP contribution is -2.40. The number of carbonyl (C=O) groups is 1. The predicted molar refractivity (Wildman–Crippen MR) is 68.7 cm³/mol. The molecular formula is C12H13ClN4O. The lowest BCUT2D eigenvalue weighted by molar-refractivity contribution is 0.0907. The Labute approximate surface area is 109 Å². The van der Waals surface area contributed by atoms with Crippen LogP contribution in [0, 0.1) is 5.92 Å². The summed E-state index contributed by atoms with van der Waals surface area (Å²) in [5.74, 6) is 0.328. The second-order valence-electron chi connectivity index (χ2n) is 4.84. The number of hydrogen-bond donors (Lipinski definition) is 1. The fourth-order valence-corrected chi connectivity index (χ4v) is 2.54. The molecule has 6 heteroatoms. The molecule has 1 atom stereocenters. The zero-order valence-corrected chi connectivity index (χ0v) is 10.9. The molecule has 5 nitrogen and oxygen atoms in total. The molecule has 0 fully saturated rings. The van der Waals surface area contributed by atoms with Crippen molar-refractivity contribution in [3.8, 4) is 0 Å². The molecular weight excluding hydrogens is 252 g/mol. The smallest absolute Gasteiger partial charge is 0.268 e. The fourth-order valence-electron chi connectivity index (χ4n) is 2.41. The zero-order valence-electron chi connectivity index (χ0n) is 10.1. The highest BCUT2D eigenvalue weighted by Gasteiger charge is 2.29. The molecule has 1 N–H and O–H groups in total. The Morgan fingerprint density at radius 2 is 2.33 bits per heavy atom. The number of carbonyl (C=O) groups excluding carboxylic acids is 1. The first-order chi connectivity index (χ1) is 8.58. The van der Waals surface area contributed by atoms with Crippen LogP contribution in [0.4, 0.5) is 0 Å². The van der Waals surface area contributed by atoms with Gasteiger partial charge >= 0.3 is 0 Å². The van der Waals surface area contributed by atoms with Crippen molar-refractivity contribution in [2.75, 3.05) is 6.54 Å². The Morgan fingerprint density at radius 3 is 3.06 bits per heavy atom. The third-order valence-corrected chi connectivity index (χ3v) is 3.53. The van der Waals surface area contributed by atoms with Crippen LogP contribution in [-0.2, 0) is 0 Å². The van der Waals surface area contributed by atoms with Crippen LogP contribution in [0.3, 0.4) is 0 Å². The molecule has 0 saturated carbocycles. The van der Waals surface area contributed by atoms with Crippen LogP contribution >= 0.6 is 11.6 Å². The minimum Gasteiger partial charge on any atom is -0.349 e. The Kier molecular flexibility index (Phi) is 2.52. The summed E-state index contributed by atoms with van der Waals surface area (Å²) in [5, 5.41) is 3.95. The van der Waals surface area contributed by atoms with Gasteiger partial charge in [-0.15, -0.1) is 0 Å². The maximum Gasteiger partial charge on any atom is 0.268 e. The van der Waals surface area contributed by atoms with Crippen molar-refractivity contribution in [2.24, 2.45) is 5.92 Å². The number of halogens is 1. The number of nitrogens with one attached hydrogen (secondary N) is 1. The molecule has 3 rings (SSSR count). The average molecular weight is 265 g/mol. The van der Waals surface area contributed by atoms with Crippen LogP contribution in [-0.4, -0.2) is 27.0 Å². The molecule has 94 valence electrons. The van der Waals surface area contributed by atoms with Crippen LogP contribution in [0.5, 0.6) is 0 Å². The fraction of sp³-hybridized carbons (Fsp3) is 0.417. The first-order valence-electron chi connectivity index (χ1n) is 5.89. The molecule has 18 heavy (non-hydrogen) atoms. The van der Waals surface area contributed by atoms with Crippen LogP contribution < -0.4 is 5.32 Å². The standard InChI is InChI=1S/C12H13ClN4O/c1-6(2)9-5-14-11(18)8-3-7-4-15-12(13)16-10(7)17(8)9/h3-4,6,9H,5H2,1-2H3,(H,14,18)/t9-/m0/s1. The van der Waals surface area contributed by atoms with E-state index < -0.39 is 0 Å². The number of hydrogen-bond acceptors (Lipinski definition) is 3. The van der Waals surface area contributed by atoms with E-state index in [1.807, 2.05) is 10.6 Å². The summed E-state index contributed by atoms with van der Waals surface area (Å²) in [7, 11) is 0. The van der Waals surface area contributed by atoms with E-state index in [-0.39, 0.29) is 17.2 Å². The summed E-state index contributed by atoms with van der Waals surface area (Å²) in [6, 6.07) is 2.01. The topological polar surface area (TPSA) is 59.8 Å². The monoisotopic (exact) mass is 264 g/mol. The van der Waals surface area contributed by atoms with Crippen molar-refractivity contribution < 1.29 is 4.79 Å². The minimum absolute atomic E-state index is 0.0685. The van der Waals surface area contributed by atoms with Gasteiger partial charge in [0.1, 0.15) is 11.3 Å². The quantitative estimate of drug-likeness (QED) is 0.802. The number of rotatable bonds is 1. The highest BCUT2D eigenvalue weighted by Crippen LogP contribution is 2.29. The van der Waals surface area contributed by atoms with Gasteiger partial charge in [0.2, 0.25) is 5.28 Å². The molecule has 0 aliphatic carbocycles. The van der Waals surface area contributed by atoms with Gasteiger partial charge in [-0.2, -0.15) is 4.98 Å². The second kappa shape index (κ2) is 3.95. The average Bonchev–Trinajstić information content (AvgIpc) is 2.69. The molecule has 2 aromatic heterocycles. The van der Waals surface area contributed by atoms with Crippen LogP contribution in [0.2, 0.25) is 5.28 Å². The van der Waals surface area contributed by atoms with E-state index in [0.717, 1.165) is 11.0 Å². The second-order valence-corrected chi connectivity index (χ2v) is 5.18. The normalized spacial score (nSPS) is 19.1. The third-order valence-electron chi connectivity index (χ3n) is 3.35. The van der Waals surface area contributed by atoms with Crippen LogP contribution in [0.15, 0.2) is 12.3 Å². The zero-order chi connectivity index (χ0) is 12.9. The Balaban J connectivity index is 2.31. The van der Waals surface area contributed by atoms with E-state index in [1.165, 1.54) is 0 Å². The van der Waals surface area contributed by atoms with E-state index in [0.29, 0.717) is 18.2 Å². The van der Waals surface area contributed by atoms with Gasteiger partial charge in [0, 0.05) is 18.1 Å². The van der Waals surface area contributed by atoms with Gasteiger partial charge in [-0.05, 0) is 23.6 Å². The Bertz CT molecular complexity index is 634. The molecule has 0 saturated heterocycles. The van der Waals surface area contributed by atoms with Gasteiger partial charge < -0.3 is 9.88 Å². The summed E-state index contributed by atoms with van der Waals surface area (Å²) in [6.07, 6.45) is 1.65. The first-order valence-corrected chi connectivity index (χ1v) is 6.27.